The maximum absolute atomic E-state index is 13.1. The third-order valence-electron chi connectivity index (χ3n) is 2.23. The zero-order valence-corrected chi connectivity index (χ0v) is 9.44. The van der Waals surface area contributed by atoms with Crippen LogP contribution >= 0.6 is 12.6 Å². The van der Waals surface area contributed by atoms with Crippen LogP contribution in [-0.4, -0.2) is 12.4 Å². The maximum Gasteiger partial charge on any atom is 0.200 e. The standard InChI is InChI=1S/C11H14F2OS/c1-2-8(7-15)6-14-10-5-3-4-9(12)11(10)13/h3-5,8,15H,2,6-7H2,1H3. The van der Waals surface area contributed by atoms with Gasteiger partial charge in [0.2, 0.25) is 5.82 Å². The van der Waals surface area contributed by atoms with Gasteiger partial charge in [-0.15, -0.1) is 0 Å². The topological polar surface area (TPSA) is 9.23 Å². The molecule has 0 N–H and O–H groups in total. The smallest absolute Gasteiger partial charge is 0.200 e. The van der Waals surface area contributed by atoms with Gasteiger partial charge in [0.15, 0.2) is 11.6 Å². The molecule has 15 heavy (non-hydrogen) atoms. The van der Waals surface area contributed by atoms with Crippen LogP contribution in [0.4, 0.5) is 8.78 Å². The summed E-state index contributed by atoms with van der Waals surface area (Å²) in [7, 11) is 0. The lowest BCUT2D eigenvalue weighted by atomic mass is 10.1. The Morgan fingerprint density at radius 1 is 1.40 bits per heavy atom. The van der Waals surface area contributed by atoms with E-state index < -0.39 is 11.6 Å². The first kappa shape index (κ1) is 12.3. The fraction of sp³-hybridized carbons (Fsp3) is 0.455. The molecule has 0 heterocycles. The molecule has 1 atom stereocenters. The second kappa shape index (κ2) is 5.95. The molecule has 0 aromatic heterocycles. The Morgan fingerprint density at radius 3 is 2.73 bits per heavy atom. The van der Waals surface area contributed by atoms with Crippen LogP contribution in [-0.2, 0) is 0 Å². The number of ether oxygens (including phenoxy) is 1. The summed E-state index contributed by atoms with van der Waals surface area (Å²) in [4.78, 5) is 0. The van der Waals surface area contributed by atoms with Crippen molar-refractivity contribution in [2.45, 2.75) is 13.3 Å². The van der Waals surface area contributed by atoms with Crippen molar-refractivity contribution in [3.8, 4) is 5.75 Å². The van der Waals surface area contributed by atoms with E-state index in [2.05, 4.69) is 12.6 Å². The van der Waals surface area contributed by atoms with Gasteiger partial charge in [0.25, 0.3) is 0 Å². The number of rotatable bonds is 5. The predicted molar refractivity (Wildman–Crippen MR) is 59.5 cm³/mol. The summed E-state index contributed by atoms with van der Waals surface area (Å²) < 4.78 is 31.1. The van der Waals surface area contributed by atoms with Crippen molar-refractivity contribution in [2.75, 3.05) is 12.4 Å². The zero-order valence-electron chi connectivity index (χ0n) is 8.54. The summed E-state index contributed by atoms with van der Waals surface area (Å²) in [5.41, 5.74) is 0. The van der Waals surface area contributed by atoms with Gasteiger partial charge < -0.3 is 4.74 Å². The summed E-state index contributed by atoms with van der Waals surface area (Å²) in [5, 5.41) is 0. The normalized spacial score (nSPS) is 12.5. The number of thiol groups is 1. The monoisotopic (exact) mass is 232 g/mol. The van der Waals surface area contributed by atoms with Crippen LogP contribution < -0.4 is 4.74 Å². The van der Waals surface area contributed by atoms with Crippen molar-refractivity contribution in [3.05, 3.63) is 29.8 Å². The fourth-order valence-electron chi connectivity index (χ4n) is 1.10. The molecular weight excluding hydrogens is 218 g/mol. The first-order valence-corrected chi connectivity index (χ1v) is 5.50. The van der Waals surface area contributed by atoms with Crippen molar-refractivity contribution >= 4 is 12.6 Å². The fourth-order valence-corrected chi connectivity index (χ4v) is 1.47. The van der Waals surface area contributed by atoms with Gasteiger partial charge in [-0.1, -0.05) is 13.0 Å². The highest BCUT2D eigenvalue weighted by Gasteiger charge is 2.10. The number of halogens is 2. The van der Waals surface area contributed by atoms with Crippen LogP contribution in [0.3, 0.4) is 0 Å². The van der Waals surface area contributed by atoms with E-state index >= 15 is 0 Å². The molecule has 0 saturated heterocycles. The molecule has 0 spiro atoms. The lowest BCUT2D eigenvalue weighted by molar-refractivity contribution is 0.245. The van der Waals surface area contributed by atoms with Crippen LogP contribution in [0.1, 0.15) is 13.3 Å². The Bertz CT molecular complexity index is 313. The average molecular weight is 232 g/mol. The molecule has 1 aromatic rings. The van der Waals surface area contributed by atoms with Crippen molar-refractivity contribution in [2.24, 2.45) is 5.92 Å². The van der Waals surface area contributed by atoms with Gasteiger partial charge in [0.05, 0.1) is 6.61 Å². The van der Waals surface area contributed by atoms with Gasteiger partial charge in [-0.3, -0.25) is 0 Å². The van der Waals surface area contributed by atoms with Crippen LogP contribution in [0.5, 0.6) is 5.75 Å². The molecule has 84 valence electrons. The van der Waals surface area contributed by atoms with Gasteiger partial charge in [0.1, 0.15) is 0 Å². The van der Waals surface area contributed by atoms with E-state index in [1.54, 1.807) is 0 Å². The Labute approximate surface area is 93.9 Å². The Hall–Kier alpha value is -0.770. The first-order chi connectivity index (χ1) is 7.19. The number of hydrogen-bond donors (Lipinski definition) is 1. The third-order valence-corrected chi connectivity index (χ3v) is 2.74. The molecule has 0 aliphatic carbocycles. The summed E-state index contributed by atoms with van der Waals surface area (Å²) in [6.07, 6.45) is 0.903. The highest BCUT2D eigenvalue weighted by molar-refractivity contribution is 7.80. The summed E-state index contributed by atoms with van der Waals surface area (Å²) in [6.45, 7) is 2.37. The first-order valence-electron chi connectivity index (χ1n) is 4.86. The van der Waals surface area contributed by atoms with E-state index in [1.165, 1.54) is 12.1 Å². The lowest BCUT2D eigenvalue weighted by Crippen LogP contribution is -2.13. The highest BCUT2D eigenvalue weighted by atomic mass is 32.1. The molecule has 1 unspecified atom stereocenters. The van der Waals surface area contributed by atoms with Crippen molar-refractivity contribution < 1.29 is 13.5 Å². The highest BCUT2D eigenvalue weighted by Crippen LogP contribution is 2.20. The van der Waals surface area contributed by atoms with Gasteiger partial charge in [0, 0.05) is 5.92 Å². The predicted octanol–water partition coefficient (Wildman–Crippen LogP) is 3.30. The van der Waals surface area contributed by atoms with Crippen molar-refractivity contribution in [1.82, 2.24) is 0 Å². The molecule has 0 fully saturated rings. The Morgan fingerprint density at radius 2 is 2.13 bits per heavy atom. The molecule has 0 bridgehead atoms. The zero-order chi connectivity index (χ0) is 11.3. The van der Waals surface area contributed by atoms with E-state index in [9.17, 15) is 8.78 Å². The van der Waals surface area contributed by atoms with E-state index in [0.29, 0.717) is 12.4 Å². The van der Waals surface area contributed by atoms with Gasteiger partial charge in [-0.25, -0.2) is 4.39 Å². The molecule has 1 rings (SSSR count). The largest absolute Gasteiger partial charge is 0.490 e. The Balaban J connectivity index is 2.61. The average Bonchev–Trinajstić information content (AvgIpc) is 2.25. The minimum atomic E-state index is -0.925. The molecule has 0 aliphatic heterocycles. The SMILES string of the molecule is CCC(CS)COc1cccc(F)c1F. The quantitative estimate of drug-likeness (QED) is 0.766. The number of hydrogen-bond acceptors (Lipinski definition) is 2. The lowest BCUT2D eigenvalue weighted by Gasteiger charge is -2.13. The molecule has 1 aromatic carbocycles. The van der Waals surface area contributed by atoms with Crippen LogP contribution in [0.2, 0.25) is 0 Å². The van der Waals surface area contributed by atoms with E-state index in [1.807, 2.05) is 6.92 Å². The van der Waals surface area contributed by atoms with Gasteiger partial charge in [-0.2, -0.15) is 17.0 Å². The molecular formula is C11H14F2OS. The second-order valence-corrected chi connectivity index (χ2v) is 3.68. The van der Waals surface area contributed by atoms with E-state index in [4.69, 9.17) is 4.74 Å². The van der Waals surface area contributed by atoms with E-state index in [0.717, 1.165) is 12.5 Å². The minimum absolute atomic E-state index is 0.0322. The molecule has 0 aliphatic rings. The molecule has 1 nitrogen and oxygen atoms in total. The minimum Gasteiger partial charge on any atom is -0.490 e. The molecule has 0 saturated carbocycles. The van der Waals surface area contributed by atoms with Crippen LogP contribution in [0.15, 0.2) is 18.2 Å². The molecule has 4 heteroatoms. The third kappa shape index (κ3) is 3.38. The molecule has 0 amide bonds. The van der Waals surface area contributed by atoms with Crippen LogP contribution in [0.25, 0.3) is 0 Å². The second-order valence-electron chi connectivity index (χ2n) is 3.32. The van der Waals surface area contributed by atoms with Gasteiger partial charge >= 0.3 is 0 Å². The van der Waals surface area contributed by atoms with E-state index in [-0.39, 0.29) is 11.7 Å². The summed E-state index contributed by atoms with van der Waals surface area (Å²) in [6, 6.07) is 3.91. The Kier molecular flexibility index (Phi) is 4.88. The molecule has 0 radical (unpaired) electrons. The number of benzene rings is 1. The summed E-state index contributed by atoms with van der Waals surface area (Å²) >= 11 is 4.14. The maximum atomic E-state index is 13.1. The van der Waals surface area contributed by atoms with Gasteiger partial charge in [-0.05, 0) is 24.3 Å². The van der Waals surface area contributed by atoms with Crippen LogP contribution in [0, 0.1) is 17.6 Å². The van der Waals surface area contributed by atoms with Crippen molar-refractivity contribution in [3.63, 3.8) is 0 Å². The summed E-state index contributed by atoms with van der Waals surface area (Å²) in [5.74, 6) is -0.905. The van der Waals surface area contributed by atoms with Crippen molar-refractivity contribution in [1.29, 1.82) is 0 Å².